The zero-order valence-electron chi connectivity index (χ0n) is 29.9. The number of aliphatic hydroxyl groups excluding tert-OH is 9. The van der Waals surface area contributed by atoms with Gasteiger partial charge in [-0.3, -0.25) is 4.79 Å². The van der Waals surface area contributed by atoms with E-state index in [1.165, 1.54) is 7.11 Å². The Labute approximate surface area is 294 Å². The first kappa shape index (κ1) is 38.7. The Kier molecular flexibility index (Phi) is 11.4. The molecule has 13 heteroatoms. The second kappa shape index (κ2) is 14.7. The molecule has 1 unspecified atom stereocenters. The van der Waals surface area contributed by atoms with E-state index in [1.807, 2.05) is 0 Å². The Bertz CT molecular complexity index is 1190. The highest BCUT2D eigenvalue weighted by Gasteiger charge is 2.69. The summed E-state index contributed by atoms with van der Waals surface area (Å²) in [5, 5.41) is 97.8. The molecule has 0 aromatic carbocycles. The molecule has 6 aliphatic rings. The van der Waals surface area contributed by atoms with Gasteiger partial charge >= 0.3 is 5.97 Å². The summed E-state index contributed by atoms with van der Waals surface area (Å²) in [6.45, 7) is 5.57. The van der Waals surface area contributed by atoms with Crippen molar-refractivity contribution in [2.45, 2.75) is 146 Å². The van der Waals surface area contributed by atoms with Crippen LogP contribution in [0.25, 0.3) is 0 Å². The Balaban J connectivity index is 1.46. The number of fused-ring (bicyclic) bond motifs is 5. The number of carbonyl (C=O) groups excluding carboxylic acids is 1. The largest absolute Gasteiger partial charge is 0.469 e. The summed E-state index contributed by atoms with van der Waals surface area (Å²) in [5.41, 5.74) is -0.773. The first-order chi connectivity index (χ1) is 23.6. The van der Waals surface area contributed by atoms with Crippen molar-refractivity contribution >= 4 is 5.97 Å². The number of hydrogen-bond acceptors (Lipinski definition) is 13. The molecular formula is C37H62O13. The minimum Gasteiger partial charge on any atom is -0.469 e. The molecule has 2 heterocycles. The molecule has 6 rings (SSSR count). The number of rotatable bonds is 8. The highest BCUT2D eigenvalue weighted by atomic mass is 16.6. The highest BCUT2D eigenvalue weighted by Crippen LogP contribution is 2.72. The van der Waals surface area contributed by atoms with Crippen molar-refractivity contribution in [3.05, 3.63) is 0 Å². The lowest BCUT2D eigenvalue weighted by Gasteiger charge is -2.67. The van der Waals surface area contributed by atoms with Gasteiger partial charge in [0.25, 0.3) is 0 Å². The number of hydrogen-bond donors (Lipinski definition) is 9. The topological polar surface area (TPSA) is 227 Å². The maximum absolute atomic E-state index is 12.3. The van der Waals surface area contributed by atoms with Gasteiger partial charge in [-0.2, -0.15) is 0 Å². The van der Waals surface area contributed by atoms with Crippen LogP contribution in [-0.4, -0.2) is 139 Å². The van der Waals surface area contributed by atoms with Gasteiger partial charge in [0.15, 0.2) is 0 Å². The summed E-state index contributed by atoms with van der Waals surface area (Å²) >= 11 is 0. The summed E-state index contributed by atoms with van der Waals surface area (Å²) in [4.78, 5) is 12.3. The van der Waals surface area contributed by atoms with Gasteiger partial charge in [-0.15, -0.1) is 0 Å². The molecule has 2 saturated heterocycles. The molecule has 0 aromatic rings. The smallest absolute Gasteiger partial charge is 0.305 e. The monoisotopic (exact) mass is 714 g/mol. The van der Waals surface area contributed by atoms with E-state index in [-0.39, 0.29) is 65.1 Å². The Morgan fingerprint density at radius 2 is 1.36 bits per heavy atom. The molecule has 50 heavy (non-hydrogen) atoms. The second-order valence-electron chi connectivity index (χ2n) is 17.4. The molecule has 0 spiro atoms. The normalized spacial score (nSPS) is 54.3. The van der Waals surface area contributed by atoms with Gasteiger partial charge in [0, 0.05) is 6.42 Å². The highest BCUT2D eigenvalue weighted by molar-refractivity contribution is 5.69. The minimum absolute atomic E-state index is 0.00816. The van der Waals surface area contributed by atoms with Crippen molar-refractivity contribution < 1.29 is 65.0 Å². The number of esters is 1. The number of methoxy groups -OCH3 is 1. The SMILES string of the molecule is COC(=O)CC[C@@H](C)[C@H]1CC[C@H]2[C@@H]3[C@@H](C4O[C@H](CO)[C@@H](O)[C@H](O)[C@H]4O)C[C@@H]4C[C@@H](O)CC[C@]4(C)[C@H]3C[C@@H]([C@@H]3O[C@H](CO)[C@@H](O)[C@H](O)[C@H]3O)[C@]12C. The molecule has 0 amide bonds. The first-order valence-corrected chi connectivity index (χ1v) is 19.0. The van der Waals surface area contributed by atoms with Crippen LogP contribution >= 0.6 is 0 Å². The summed E-state index contributed by atoms with van der Waals surface area (Å²) < 4.78 is 17.7. The van der Waals surface area contributed by atoms with E-state index >= 15 is 0 Å². The molecule has 288 valence electrons. The van der Waals surface area contributed by atoms with E-state index in [0.29, 0.717) is 32.1 Å². The third kappa shape index (κ3) is 6.18. The summed E-state index contributed by atoms with van der Waals surface area (Å²) in [6, 6.07) is 0. The van der Waals surface area contributed by atoms with Crippen LogP contribution in [0.3, 0.4) is 0 Å². The van der Waals surface area contributed by atoms with E-state index in [0.717, 1.165) is 19.3 Å². The van der Waals surface area contributed by atoms with Crippen LogP contribution in [0.5, 0.6) is 0 Å². The molecule has 21 atom stereocenters. The van der Waals surface area contributed by atoms with Gasteiger partial charge in [0.1, 0.15) is 48.8 Å². The van der Waals surface area contributed by atoms with E-state index in [1.54, 1.807) is 0 Å². The van der Waals surface area contributed by atoms with Crippen LogP contribution in [0, 0.1) is 58.2 Å². The van der Waals surface area contributed by atoms with Gasteiger partial charge in [-0.25, -0.2) is 0 Å². The predicted molar refractivity (Wildman–Crippen MR) is 177 cm³/mol. The van der Waals surface area contributed by atoms with Crippen molar-refractivity contribution in [1.29, 1.82) is 0 Å². The van der Waals surface area contributed by atoms with Crippen molar-refractivity contribution in [2.24, 2.45) is 58.2 Å². The lowest BCUT2D eigenvalue weighted by Crippen LogP contribution is -2.68. The van der Waals surface area contributed by atoms with Crippen LogP contribution in [-0.2, 0) is 19.0 Å². The molecule has 6 fully saturated rings. The van der Waals surface area contributed by atoms with E-state index in [2.05, 4.69) is 20.8 Å². The van der Waals surface area contributed by atoms with Crippen LogP contribution in [0.15, 0.2) is 0 Å². The van der Waals surface area contributed by atoms with Gasteiger partial charge in [-0.1, -0.05) is 20.8 Å². The fourth-order valence-corrected chi connectivity index (χ4v) is 12.8. The summed E-state index contributed by atoms with van der Waals surface area (Å²) in [7, 11) is 1.37. The molecule has 4 saturated carbocycles. The lowest BCUT2D eigenvalue weighted by molar-refractivity contribution is -0.288. The van der Waals surface area contributed by atoms with Gasteiger partial charge in [0.2, 0.25) is 0 Å². The molecule has 2 aliphatic heterocycles. The fourth-order valence-electron chi connectivity index (χ4n) is 12.8. The molecule has 0 bridgehead atoms. The van der Waals surface area contributed by atoms with Crippen LogP contribution in [0.2, 0.25) is 0 Å². The maximum Gasteiger partial charge on any atom is 0.305 e. The van der Waals surface area contributed by atoms with Gasteiger partial charge < -0.3 is 60.2 Å². The average Bonchev–Trinajstić information content (AvgIpc) is 3.46. The number of carbonyl (C=O) groups is 1. The number of aliphatic hydroxyl groups is 9. The quantitative estimate of drug-likeness (QED) is 0.148. The Hall–Kier alpha value is -0.970. The van der Waals surface area contributed by atoms with Gasteiger partial charge in [-0.05, 0) is 110 Å². The molecular weight excluding hydrogens is 652 g/mol. The molecule has 0 radical (unpaired) electrons. The van der Waals surface area contributed by atoms with Crippen molar-refractivity contribution in [3.63, 3.8) is 0 Å². The van der Waals surface area contributed by atoms with Crippen LogP contribution in [0.4, 0.5) is 0 Å². The number of ether oxygens (including phenoxy) is 3. The third-order valence-electron chi connectivity index (χ3n) is 15.4. The van der Waals surface area contributed by atoms with Crippen molar-refractivity contribution in [3.8, 4) is 0 Å². The van der Waals surface area contributed by atoms with Crippen molar-refractivity contribution in [1.82, 2.24) is 0 Å². The van der Waals surface area contributed by atoms with Crippen LogP contribution < -0.4 is 0 Å². The second-order valence-corrected chi connectivity index (χ2v) is 17.4. The first-order valence-electron chi connectivity index (χ1n) is 19.0. The van der Waals surface area contributed by atoms with E-state index < -0.39 is 85.8 Å². The Morgan fingerprint density at radius 1 is 0.760 bits per heavy atom. The summed E-state index contributed by atoms with van der Waals surface area (Å²) in [6.07, 6.45) is -7.59. The standard InChI is InChI=1S/C37H62O13/c1-16(5-8-26(41)48-4)20-6-7-21-27-19(34-32(46)30(44)28(42)24(14-38)49-34)12-17-11-18(40)9-10-36(17,2)22(27)13-23(37(20,21)3)35-33(47)31(45)29(43)25(15-39)50-35/h16-25,27-35,38-40,42-47H,5-15H2,1-4H3/t16-,17+,18+,19+,20-,21+,22+,23+,24-,25-,27+,28-,29-,30+,31+,32-,33-,34?,35+,36+,37-/m1/s1. The zero-order valence-corrected chi connectivity index (χ0v) is 29.9. The fraction of sp³-hybridized carbons (Fsp3) is 0.973. The van der Waals surface area contributed by atoms with E-state index in [4.69, 9.17) is 14.2 Å². The maximum atomic E-state index is 12.3. The van der Waals surface area contributed by atoms with Gasteiger partial charge in [0.05, 0.1) is 38.6 Å². The Morgan fingerprint density at radius 3 is 1.96 bits per heavy atom. The van der Waals surface area contributed by atoms with E-state index in [9.17, 15) is 50.8 Å². The lowest BCUT2D eigenvalue weighted by atomic mass is 9.39. The van der Waals surface area contributed by atoms with Crippen molar-refractivity contribution in [2.75, 3.05) is 20.3 Å². The summed E-state index contributed by atoms with van der Waals surface area (Å²) in [5.74, 6) is -0.807. The molecule has 0 aromatic heterocycles. The van der Waals surface area contributed by atoms with Crippen LogP contribution in [0.1, 0.15) is 78.6 Å². The minimum atomic E-state index is -1.52. The third-order valence-corrected chi connectivity index (χ3v) is 15.4. The zero-order chi connectivity index (χ0) is 36.4. The molecule has 9 N–H and O–H groups in total. The molecule has 13 nitrogen and oxygen atoms in total. The average molecular weight is 715 g/mol. The predicted octanol–water partition coefficient (Wildman–Crippen LogP) is -0.267. The molecule has 4 aliphatic carbocycles.